The van der Waals surface area contributed by atoms with Gasteiger partial charge in [-0.3, -0.25) is 0 Å². The second-order valence-electron chi connectivity index (χ2n) is 2.13. The van der Waals surface area contributed by atoms with Crippen LogP contribution in [0.5, 0.6) is 0 Å². The van der Waals surface area contributed by atoms with Crippen molar-refractivity contribution in [1.82, 2.24) is 13.7 Å². The van der Waals surface area contributed by atoms with Gasteiger partial charge >= 0.3 is 0 Å². The Labute approximate surface area is 104 Å². The van der Waals surface area contributed by atoms with E-state index in [2.05, 4.69) is 42.5 Å². The molecule has 1 rings (SSSR count). The summed E-state index contributed by atoms with van der Waals surface area (Å²) >= 11 is 0. The van der Waals surface area contributed by atoms with Crippen LogP contribution in [0.15, 0.2) is 14.4 Å². The van der Waals surface area contributed by atoms with Gasteiger partial charge in [-0.25, -0.2) is 21.3 Å². The van der Waals surface area contributed by atoms with Gasteiger partial charge in [0.2, 0.25) is 17.1 Å². The molecule has 0 spiro atoms. The third kappa shape index (κ3) is 6.94. The smallest absolute Gasteiger partial charge is 0.205 e. The monoisotopic (exact) mass is 1060 g/mol. The summed E-state index contributed by atoms with van der Waals surface area (Å²) in [6.45, 7) is 0. The first-order valence-electron chi connectivity index (χ1n) is 3.85. The maximum Gasteiger partial charge on any atom is 0.205 e. The summed E-state index contributed by atoms with van der Waals surface area (Å²) in [7, 11) is 16.1. The molecule has 0 aliphatic rings. The topological polar surface area (TPSA) is 127 Å². The van der Waals surface area contributed by atoms with E-state index in [0.29, 0.717) is 13.7 Å². The molecule has 0 fully saturated rings. The molecule has 0 saturated heterocycles. The van der Waals surface area contributed by atoms with Crippen molar-refractivity contribution in [2.75, 3.05) is 0 Å². The van der Waals surface area contributed by atoms with Gasteiger partial charge in [0, 0.05) is 0 Å². The van der Waals surface area contributed by atoms with Crippen LogP contribution in [-0.4, -0.2) is 29.0 Å². The first-order chi connectivity index (χ1) is 8.46. The number of hydrogen-bond donors (Lipinski definition) is 3. The van der Waals surface area contributed by atoms with Crippen molar-refractivity contribution in [3.63, 3.8) is 0 Å². The molecule has 0 amide bonds. The Morgan fingerprint density at radius 3 is 0.714 bits per heavy atom. The number of aliphatic hydroxyl groups excluding tert-OH is 3. The van der Waals surface area contributed by atoms with Crippen LogP contribution in [0.25, 0.3) is 0 Å². The van der Waals surface area contributed by atoms with Crippen LogP contribution < -0.4 is 17.1 Å². The van der Waals surface area contributed by atoms with Crippen LogP contribution in [0.4, 0.5) is 0 Å². The molecular weight excluding hydrogens is 1050 g/mol. The van der Waals surface area contributed by atoms with Crippen molar-refractivity contribution in [1.29, 1.82) is 0 Å². The van der Waals surface area contributed by atoms with Crippen molar-refractivity contribution in [3.05, 3.63) is 73.9 Å². The summed E-state index contributed by atoms with van der Waals surface area (Å²) in [6.07, 6.45) is 0. The van der Waals surface area contributed by atoms with Gasteiger partial charge in [0.15, 0.2) is 0 Å². The predicted octanol–water partition coefficient (Wildman–Crippen LogP) is -1.46. The van der Waals surface area contributed by atoms with Crippen LogP contribution >= 0.6 is 0 Å². The molecule has 3 N–H and O–H groups in total. The molecule has 21 heavy (non-hydrogen) atoms. The molecule has 114 valence electrons. The molecule has 0 aromatic carbocycles. The Hall–Kier alpha value is -5.10. The Morgan fingerprint density at radius 2 is 0.619 bits per heavy atom. The molecule has 0 aliphatic carbocycles. The third-order valence-corrected chi connectivity index (χ3v) is 1.39. The third-order valence-electron chi connectivity index (χ3n) is 1.39. The zero-order chi connectivity index (χ0) is 15.5. The number of nitrogens with zero attached hydrogens (tertiary/aromatic N) is 3. The van der Waals surface area contributed by atoms with Crippen LogP contribution in [0.3, 0.4) is 0 Å². The molecule has 1 aromatic heterocycles. The van der Waals surface area contributed by atoms with E-state index in [-0.39, 0.29) is 0 Å². The Balaban J connectivity index is -0.0000000559. The minimum Gasteiger partial charge on any atom is -0.569 e. The van der Waals surface area contributed by atoms with Crippen LogP contribution in [0.2, 0.25) is 0 Å². The molecule has 1 heterocycles. The molecule has 0 atom stereocenters. The SMILES string of the molecule is [CH2-]O.[CH2-]O.[CH2-]O.[CH2-]n1c(=O)n([CH2-])c(=O)n([CH2-])c1=O.[Rf].[Rf].[Rf]. The molecule has 9 nitrogen and oxygen atoms in total. The maximum atomic E-state index is 10.9. The molecule has 0 unspecified atom stereocenters. The summed E-state index contributed by atoms with van der Waals surface area (Å²) < 4.78 is 1.50. The van der Waals surface area contributed by atoms with Crippen LogP contribution in [0, 0.1) is 42.5 Å². The second kappa shape index (κ2) is 17.3. The number of rotatable bonds is 0. The zero-order valence-corrected chi connectivity index (χ0v) is 31.0. The first kappa shape index (κ1) is 36.0. The van der Waals surface area contributed by atoms with E-state index < -0.39 is 17.1 Å². The Kier molecular flexibility index (Phi) is 29.7. The Morgan fingerprint density at radius 1 is 0.524 bits per heavy atom. The van der Waals surface area contributed by atoms with Gasteiger partial charge in [-0.1, -0.05) is 0 Å². The fraction of sp³-hybridized carbons (Fsp3) is 0. The average molecular weight is 1060 g/mol. The summed E-state index contributed by atoms with van der Waals surface area (Å²) in [5.74, 6) is 0. The summed E-state index contributed by atoms with van der Waals surface area (Å²) in [6, 6.07) is 0. The standard InChI is InChI=1S/C6H6N3O3.3CH3O.3Rf/c1-7-4(10)8(2)6(12)9(3)5(7)11;3*1-2;;;/h1-3H2;3*2H,1H2;;;/q-3;3*-1;;;. The quantitative estimate of drug-likeness (QED) is 0.274. The predicted molar refractivity (Wildman–Crippen MR) is 63.4 cm³/mol. The minimum atomic E-state index is -0.870. The van der Waals surface area contributed by atoms with E-state index in [4.69, 9.17) is 15.3 Å². The number of hydrogen-bond acceptors (Lipinski definition) is 6. The van der Waals surface area contributed by atoms with Gasteiger partial charge in [-0.05, 0) is 0 Å². The van der Waals surface area contributed by atoms with E-state index in [1.807, 2.05) is 0 Å². The number of aliphatic hydroxyl groups is 3. The van der Waals surface area contributed by atoms with Gasteiger partial charge < -0.3 is 43.4 Å². The van der Waals surface area contributed by atoms with Crippen molar-refractivity contribution < 1.29 is 15.3 Å². The van der Waals surface area contributed by atoms with Crippen LogP contribution in [0.1, 0.15) is 0 Å². The fourth-order valence-corrected chi connectivity index (χ4v) is 0.683. The molecule has 0 radical (unpaired) electrons. The normalized spacial score (nSPS) is 6.57. The first-order valence-corrected chi connectivity index (χ1v) is 3.85. The zero-order valence-electron chi connectivity index (χ0n) is 11.8. The van der Waals surface area contributed by atoms with Gasteiger partial charge in [0.1, 0.15) is 0 Å². The Bertz CT molecular complexity index is 395. The van der Waals surface area contributed by atoms with Crippen molar-refractivity contribution in [2.24, 2.45) is 0 Å². The number of aromatic nitrogens is 3. The summed E-state index contributed by atoms with van der Waals surface area (Å²) in [5.41, 5.74) is -2.61. The van der Waals surface area contributed by atoms with Gasteiger partial charge in [0.05, 0.1) is 0 Å². The van der Waals surface area contributed by atoms with Crippen molar-refractivity contribution >= 4 is 0 Å². The average Bonchev–Trinajstić information content (AvgIpc) is 2.47. The summed E-state index contributed by atoms with van der Waals surface area (Å²) in [5, 5.41) is 20.2. The van der Waals surface area contributed by atoms with E-state index in [0.717, 1.165) is 0 Å². The van der Waals surface area contributed by atoms with E-state index in [1.54, 1.807) is 0 Å². The van der Waals surface area contributed by atoms with Crippen molar-refractivity contribution in [3.8, 4) is 0 Å². The molecule has 1 aromatic rings. The minimum absolute atomic E-state index is 0. The van der Waals surface area contributed by atoms with Crippen molar-refractivity contribution in [2.45, 2.75) is 0 Å². The van der Waals surface area contributed by atoms with Crippen LogP contribution in [-0.2, 0) is 0 Å². The summed E-state index contributed by atoms with van der Waals surface area (Å²) in [4.78, 5) is 32.8. The maximum absolute atomic E-state index is 10.9. The van der Waals surface area contributed by atoms with E-state index >= 15 is 0 Å². The van der Waals surface area contributed by atoms with Gasteiger partial charge in [-0.2, -0.15) is 0 Å². The van der Waals surface area contributed by atoms with Gasteiger partial charge in [0.25, 0.3) is 0 Å². The molecular formula is C9H15N3O6Rf3-6. The molecule has 12 heteroatoms. The molecule has 0 aliphatic heterocycles. The second-order valence-corrected chi connectivity index (χ2v) is 2.13. The fourth-order valence-electron chi connectivity index (χ4n) is 0.683. The largest absolute Gasteiger partial charge is 0.569 e. The van der Waals surface area contributed by atoms with E-state index in [9.17, 15) is 14.4 Å². The molecule has 0 bridgehead atoms. The van der Waals surface area contributed by atoms with Gasteiger partial charge in [-0.15, -0.1) is 21.1 Å². The van der Waals surface area contributed by atoms with E-state index in [1.165, 1.54) is 0 Å². The molecule has 0 saturated carbocycles.